The lowest BCUT2D eigenvalue weighted by molar-refractivity contribution is 0.667. The van der Waals surface area contributed by atoms with Crippen molar-refractivity contribution < 1.29 is 4.42 Å². The van der Waals surface area contributed by atoms with Gasteiger partial charge in [-0.25, -0.2) is 9.97 Å². The number of para-hydroxylation sites is 1. The highest BCUT2D eigenvalue weighted by Crippen LogP contribution is 2.39. The maximum Gasteiger partial charge on any atom is 0.180 e. The summed E-state index contributed by atoms with van der Waals surface area (Å²) in [6, 6.07) is 66.4. The van der Waals surface area contributed by atoms with Crippen molar-refractivity contribution in [3.63, 3.8) is 0 Å². The van der Waals surface area contributed by atoms with Gasteiger partial charge in [0.15, 0.2) is 11.4 Å². The van der Waals surface area contributed by atoms with E-state index in [0.717, 1.165) is 50.1 Å². The van der Waals surface area contributed by atoms with Crippen LogP contribution in [0.15, 0.2) is 192 Å². The Morgan fingerprint density at radius 1 is 0.389 bits per heavy atom. The molecule has 0 N–H and O–H groups in total. The Morgan fingerprint density at radius 3 is 1.80 bits per heavy atom. The molecule has 0 aliphatic heterocycles. The van der Waals surface area contributed by atoms with Gasteiger partial charge in [0.25, 0.3) is 0 Å². The molecule has 4 heteroatoms. The molecule has 0 saturated heterocycles. The monoisotopic (exact) mass is 689 g/mol. The molecule has 11 rings (SSSR count). The second-order valence-electron chi connectivity index (χ2n) is 13.8. The molecule has 0 atom stereocenters. The van der Waals surface area contributed by atoms with Gasteiger partial charge in [0.05, 0.1) is 11.0 Å². The summed E-state index contributed by atoms with van der Waals surface area (Å²) in [5.41, 5.74) is 13.3. The Labute approximate surface area is 311 Å². The zero-order valence-corrected chi connectivity index (χ0v) is 29.1. The molecule has 54 heavy (non-hydrogen) atoms. The molecule has 0 aliphatic rings. The van der Waals surface area contributed by atoms with E-state index in [2.05, 4.69) is 144 Å². The highest BCUT2D eigenvalue weighted by Gasteiger charge is 2.19. The summed E-state index contributed by atoms with van der Waals surface area (Å²) in [7, 11) is 0. The molecule has 0 radical (unpaired) electrons. The van der Waals surface area contributed by atoms with Crippen LogP contribution in [-0.4, -0.2) is 14.5 Å². The molecule has 0 spiro atoms. The molecule has 252 valence electrons. The van der Waals surface area contributed by atoms with E-state index in [9.17, 15) is 0 Å². The molecular formula is C50H31N3O. The predicted octanol–water partition coefficient (Wildman–Crippen LogP) is 13.3. The average Bonchev–Trinajstić information content (AvgIpc) is 3.79. The second kappa shape index (κ2) is 12.1. The summed E-state index contributed by atoms with van der Waals surface area (Å²) in [6.07, 6.45) is 0. The predicted molar refractivity (Wildman–Crippen MR) is 223 cm³/mol. The van der Waals surface area contributed by atoms with Gasteiger partial charge in [0, 0.05) is 33.0 Å². The van der Waals surface area contributed by atoms with Gasteiger partial charge in [-0.05, 0) is 81.6 Å². The minimum absolute atomic E-state index is 0.677. The topological polar surface area (TPSA) is 43.9 Å². The van der Waals surface area contributed by atoms with Gasteiger partial charge < -0.3 is 8.98 Å². The molecule has 0 unspecified atom stereocenters. The first-order chi connectivity index (χ1) is 26.7. The fourth-order valence-electron chi connectivity index (χ4n) is 7.94. The lowest BCUT2D eigenvalue weighted by Gasteiger charge is -2.11. The van der Waals surface area contributed by atoms with Crippen LogP contribution in [0.2, 0.25) is 0 Å². The van der Waals surface area contributed by atoms with E-state index in [1.165, 1.54) is 43.7 Å². The number of benzene rings is 8. The number of rotatable bonds is 5. The van der Waals surface area contributed by atoms with Gasteiger partial charge in [-0.2, -0.15) is 0 Å². The van der Waals surface area contributed by atoms with Crippen LogP contribution in [0.3, 0.4) is 0 Å². The standard InChI is InChI=1S/C50H31N3O/c1-4-12-32(13-5-1)38-23-26-45-42(30-38)41-18-10-11-19-44(41)53(45)40-25-22-36-28-35(20-21-37(36)29-40)39-24-27-46-43(31-39)48-49(54-46)47(33-14-6-2-7-15-33)51-50(52-48)34-16-8-3-9-17-34/h1-31H. The van der Waals surface area contributed by atoms with Crippen LogP contribution in [0.5, 0.6) is 0 Å². The molecule has 0 fully saturated rings. The van der Waals surface area contributed by atoms with Crippen molar-refractivity contribution in [1.29, 1.82) is 0 Å². The molecule has 8 aromatic carbocycles. The van der Waals surface area contributed by atoms with Crippen LogP contribution in [0.4, 0.5) is 0 Å². The van der Waals surface area contributed by atoms with E-state index < -0.39 is 0 Å². The molecule has 3 heterocycles. The van der Waals surface area contributed by atoms with E-state index in [1.54, 1.807) is 0 Å². The SMILES string of the molecule is c1ccc(-c2ccc3c(c2)c2ccccc2n3-c2ccc3cc(-c4ccc5oc6c(-c7ccccc7)nc(-c7ccccc7)nc6c5c4)ccc3c2)cc1. The molecule has 0 saturated carbocycles. The second-order valence-corrected chi connectivity index (χ2v) is 13.8. The first kappa shape index (κ1) is 30.3. The fraction of sp³-hybridized carbons (Fsp3) is 0. The van der Waals surface area contributed by atoms with Crippen LogP contribution in [-0.2, 0) is 0 Å². The van der Waals surface area contributed by atoms with Gasteiger partial charge >= 0.3 is 0 Å². The first-order valence-corrected chi connectivity index (χ1v) is 18.2. The Kier molecular flexibility index (Phi) is 6.82. The maximum absolute atomic E-state index is 6.50. The van der Waals surface area contributed by atoms with Crippen molar-refractivity contribution in [3.8, 4) is 50.6 Å². The van der Waals surface area contributed by atoms with Crippen LogP contribution in [0.1, 0.15) is 0 Å². The minimum Gasteiger partial charge on any atom is -0.452 e. The Hall–Kier alpha value is -7.30. The highest BCUT2D eigenvalue weighted by atomic mass is 16.3. The molecule has 3 aromatic heterocycles. The number of nitrogens with zero attached hydrogens (tertiary/aromatic N) is 3. The number of hydrogen-bond acceptors (Lipinski definition) is 3. The van der Waals surface area contributed by atoms with Crippen molar-refractivity contribution in [3.05, 3.63) is 188 Å². The third-order valence-electron chi connectivity index (χ3n) is 10.6. The third kappa shape index (κ3) is 4.92. The lowest BCUT2D eigenvalue weighted by atomic mass is 9.99. The summed E-state index contributed by atoms with van der Waals surface area (Å²) in [4.78, 5) is 10.1. The van der Waals surface area contributed by atoms with Crippen LogP contribution >= 0.6 is 0 Å². The van der Waals surface area contributed by atoms with Gasteiger partial charge in [-0.15, -0.1) is 0 Å². The zero-order valence-electron chi connectivity index (χ0n) is 29.1. The highest BCUT2D eigenvalue weighted by molar-refractivity contribution is 6.11. The van der Waals surface area contributed by atoms with E-state index >= 15 is 0 Å². The van der Waals surface area contributed by atoms with Crippen molar-refractivity contribution in [2.45, 2.75) is 0 Å². The Morgan fingerprint density at radius 2 is 0.981 bits per heavy atom. The van der Waals surface area contributed by atoms with E-state index in [4.69, 9.17) is 14.4 Å². The fourth-order valence-corrected chi connectivity index (χ4v) is 7.94. The first-order valence-electron chi connectivity index (χ1n) is 18.2. The van der Waals surface area contributed by atoms with Gasteiger partial charge in [0.2, 0.25) is 0 Å². The van der Waals surface area contributed by atoms with E-state index in [0.29, 0.717) is 11.4 Å². The zero-order chi connectivity index (χ0) is 35.6. The summed E-state index contributed by atoms with van der Waals surface area (Å²) >= 11 is 0. The van der Waals surface area contributed by atoms with Crippen LogP contribution in [0, 0.1) is 0 Å². The quantitative estimate of drug-likeness (QED) is 0.181. The minimum atomic E-state index is 0.677. The van der Waals surface area contributed by atoms with E-state index in [1.807, 2.05) is 48.5 Å². The normalized spacial score (nSPS) is 11.7. The van der Waals surface area contributed by atoms with Gasteiger partial charge in [-0.1, -0.05) is 140 Å². The molecule has 0 amide bonds. The Balaban J connectivity index is 1.02. The lowest BCUT2D eigenvalue weighted by Crippen LogP contribution is -1.94. The molecular weight excluding hydrogens is 659 g/mol. The molecule has 0 bridgehead atoms. The smallest absolute Gasteiger partial charge is 0.180 e. The van der Waals surface area contributed by atoms with Gasteiger partial charge in [0.1, 0.15) is 16.8 Å². The number of hydrogen-bond donors (Lipinski definition) is 0. The van der Waals surface area contributed by atoms with Crippen molar-refractivity contribution in [2.75, 3.05) is 0 Å². The summed E-state index contributed by atoms with van der Waals surface area (Å²) in [5.74, 6) is 0.677. The number of fused-ring (bicyclic) bond motifs is 7. The van der Waals surface area contributed by atoms with E-state index in [-0.39, 0.29) is 0 Å². The molecule has 11 aromatic rings. The molecule has 0 aliphatic carbocycles. The van der Waals surface area contributed by atoms with Crippen molar-refractivity contribution in [1.82, 2.24) is 14.5 Å². The largest absolute Gasteiger partial charge is 0.452 e. The number of aromatic nitrogens is 3. The van der Waals surface area contributed by atoms with Gasteiger partial charge in [-0.3, -0.25) is 0 Å². The number of furan rings is 1. The van der Waals surface area contributed by atoms with Crippen LogP contribution in [0.25, 0.3) is 105 Å². The van der Waals surface area contributed by atoms with Crippen molar-refractivity contribution in [2.24, 2.45) is 0 Å². The maximum atomic E-state index is 6.50. The van der Waals surface area contributed by atoms with Crippen molar-refractivity contribution >= 4 is 54.6 Å². The Bertz CT molecular complexity index is 3200. The van der Waals surface area contributed by atoms with Crippen LogP contribution < -0.4 is 0 Å². The third-order valence-corrected chi connectivity index (χ3v) is 10.6. The summed E-state index contributed by atoms with van der Waals surface area (Å²) < 4.78 is 8.89. The molecule has 4 nitrogen and oxygen atoms in total. The average molecular weight is 690 g/mol. The summed E-state index contributed by atoms with van der Waals surface area (Å²) in [6.45, 7) is 0. The summed E-state index contributed by atoms with van der Waals surface area (Å²) in [5, 5.41) is 5.84.